The van der Waals surface area contributed by atoms with Gasteiger partial charge in [-0.3, -0.25) is 19.2 Å². The van der Waals surface area contributed by atoms with Crippen LogP contribution in [-0.4, -0.2) is 53.3 Å². The van der Waals surface area contributed by atoms with Crippen molar-refractivity contribution in [3.05, 3.63) is 238 Å². The molecule has 0 atom stereocenters. The van der Waals surface area contributed by atoms with Gasteiger partial charge in [-0.1, -0.05) is 180 Å². The minimum Gasteiger partial charge on any atom is -1.00 e. The number of hydrogen-bond acceptors (Lipinski definition) is 9. The van der Waals surface area contributed by atoms with Crippen LogP contribution in [0.5, 0.6) is 0 Å². The molecule has 12 rings (SSSR count). The van der Waals surface area contributed by atoms with Crippen molar-refractivity contribution in [2.75, 3.05) is 50.3 Å². The van der Waals surface area contributed by atoms with Gasteiger partial charge >= 0.3 is 25.0 Å². The molecular formula is C95H129AlBrClF3LiN7O4. The van der Waals surface area contributed by atoms with Gasteiger partial charge in [0, 0.05) is 121 Å². The van der Waals surface area contributed by atoms with E-state index in [1.54, 1.807) is 0 Å². The van der Waals surface area contributed by atoms with Gasteiger partial charge in [-0.05, 0) is 288 Å². The van der Waals surface area contributed by atoms with Crippen LogP contribution in [0, 0.1) is 87.0 Å². The van der Waals surface area contributed by atoms with Crippen LogP contribution < -0.4 is 56.1 Å². The minimum atomic E-state index is -4.23. The van der Waals surface area contributed by atoms with Crippen molar-refractivity contribution in [3.8, 4) is 0 Å². The van der Waals surface area contributed by atoms with Crippen molar-refractivity contribution in [1.82, 2.24) is 0 Å². The number of nitrogens with two attached hydrogens (primary N) is 3. The maximum absolute atomic E-state index is 12.7. The fraction of sp³-hybridized carbons (Fsp3) is 0.453. The minimum absolute atomic E-state index is 0. The topological polar surface area (TPSA) is 168 Å². The number of Topliss-reactive ketones (excluding diaryl/α,β-unsaturated/α-hetero) is 1. The third-order valence-corrected chi connectivity index (χ3v) is 21.7. The summed E-state index contributed by atoms with van der Waals surface area (Å²) in [5.74, 6) is 0.666. The molecule has 0 bridgehead atoms. The normalized spacial score (nSPS) is 13.7. The number of ketones is 1. The first-order valence-corrected chi connectivity index (χ1v) is 40.2. The van der Waals surface area contributed by atoms with Gasteiger partial charge in [0.1, 0.15) is 5.78 Å². The van der Waals surface area contributed by atoms with Crippen LogP contribution in [0.15, 0.2) is 121 Å². The monoisotopic (exact) mass is 1640 g/mol. The molecule has 3 radical (unpaired) electrons. The van der Waals surface area contributed by atoms with Crippen LogP contribution in [0.25, 0.3) is 0 Å². The number of carbonyl (C=O) groups excluding carboxylic acids is 4. The van der Waals surface area contributed by atoms with E-state index in [1.165, 1.54) is 127 Å². The van der Waals surface area contributed by atoms with E-state index < -0.39 is 11.7 Å². The number of fused-ring (bicyclic) bond motifs is 4. The zero-order valence-electron chi connectivity index (χ0n) is 70.6. The van der Waals surface area contributed by atoms with Crippen molar-refractivity contribution in [3.63, 3.8) is 0 Å². The van der Waals surface area contributed by atoms with Crippen molar-refractivity contribution < 1.29 is 52.6 Å². The Kier molecular flexibility index (Phi) is 40.1. The number of carbonyl (C=O) groups is 4. The van der Waals surface area contributed by atoms with Gasteiger partial charge in [0.2, 0.25) is 17.1 Å². The first-order valence-electron chi connectivity index (χ1n) is 38.7. The first kappa shape index (κ1) is 99.9. The van der Waals surface area contributed by atoms with Crippen molar-refractivity contribution in [2.45, 2.75) is 260 Å². The largest absolute Gasteiger partial charge is 1.00 e. The van der Waals surface area contributed by atoms with E-state index in [2.05, 4.69) is 211 Å². The Hall–Kier alpha value is -7.27. The van der Waals surface area contributed by atoms with Crippen molar-refractivity contribution in [2.24, 2.45) is 10.8 Å². The summed E-state index contributed by atoms with van der Waals surface area (Å²) in [7, 11) is 0. The summed E-state index contributed by atoms with van der Waals surface area (Å²) in [6.07, 6.45) is 9.55. The third kappa shape index (κ3) is 29.8. The average Bonchev–Trinajstić information content (AvgIpc) is 1.51. The van der Waals surface area contributed by atoms with Crippen LogP contribution in [0.2, 0.25) is 0 Å². The maximum Gasteiger partial charge on any atom is 1.00 e. The van der Waals surface area contributed by atoms with Gasteiger partial charge in [0.25, 0.3) is 0 Å². The van der Waals surface area contributed by atoms with E-state index in [0.717, 1.165) is 139 Å². The second-order valence-electron chi connectivity index (χ2n) is 32.8. The Bertz CT molecular complexity index is 4470. The molecule has 0 saturated carbocycles. The van der Waals surface area contributed by atoms with Gasteiger partial charge in [0.15, 0.2) is 0 Å². The van der Waals surface area contributed by atoms with E-state index >= 15 is 0 Å². The summed E-state index contributed by atoms with van der Waals surface area (Å²) in [6.45, 7) is 40.1. The second kappa shape index (κ2) is 45.3. The van der Waals surface area contributed by atoms with Crippen molar-refractivity contribution in [1.29, 1.82) is 0 Å². The second-order valence-corrected chi connectivity index (χ2v) is 33.8. The number of benzene rings is 8. The molecule has 3 heterocycles. The molecule has 1 aliphatic carbocycles. The summed E-state index contributed by atoms with van der Waals surface area (Å²) in [5, 5.41) is 3.54. The Morgan fingerprint density at radius 3 is 1.27 bits per heavy atom. The molecule has 607 valence electrons. The molecule has 0 spiro atoms. The smallest absolute Gasteiger partial charge is 1.00 e. The van der Waals surface area contributed by atoms with Crippen LogP contribution >= 0.6 is 27.5 Å². The fourth-order valence-electron chi connectivity index (χ4n) is 14.6. The number of anilines is 7. The number of halogens is 5. The molecular weight excluding hydrogens is 1510 g/mol. The van der Waals surface area contributed by atoms with Crippen LogP contribution in [0.1, 0.15) is 239 Å². The molecule has 113 heavy (non-hydrogen) atoms. The SMILES string of the molecule is C.C.CC(C)(C)CC(=O)Cl.Cc1cc2c(c(C)c1N)CCCC(=O)C2.Cc1ccc(CN2C(=O)CCCc3c2cc(C)c(N)c3C)cc1.Cc1ccc(CN2CCCCc3c2cc(C)c(N)c3C)cc1.Cc1ccc(CN2CCCCc3c2cc(C)c(NC(=O)CC(C)(C)C)c3C)cc1.FC(F)(F)c1ccc(CBr)cc1.[Al].[H-].[Li+]. The number of aryl methyl sites for hydroxylation is 7. The Balaban J connectivity index is 0.000000477. The van der Waals surface area contributed by atoms with Gasteiger partial charge in [-0.15, -0.1) is 0 Å². The molecule has 0 saturated heterocycles. The molecule has 2 amide bonds. The van der Waals surface area contributed by atoms with E-state index in [9.17, 15) is 32.3 Å². The van der Waals surface area contributed by atoms with Crippen LogP contribution in [-0.2, 0) is 82.4 Å². The summed E-state index contributed by atoms with van der Waals surface area (Å²) in [5.41, 5.74) is 49.9. The van der Waals surface area contributed by atoms with E-state index in [-0.39, 0.29) is 80.4 Å². The Labute approximate surface area is 714 Å². The van der Waals surface area contributed by atoms with Gasteiger partial charge < -0.3 is 38.6 Å². The van der Waals surface area contributed by atoms with Crippen LogP contribution in [0.3, 0.4) is 0 Å². The zero-order valence-corrected chi connectivity index (χ0v) is 73.1. The molecule has 7 N–H and O–H groups in total. The molecule has 8 aromatic rings. The molecule has 8 aromatic carbocycles. The third-order valence-electron chi connectivity index (χ3n) is 20.9. The average molecular weight is 1640 g/mol. The Morgan fingerprint density at radius 2 is 0.850 bits per heavy atom. The van der Waals surface area contributed by atoms with Crippen LogP contribution in [0.4, 0.5) is 53.0 Å². The number of nitrogens with zero attached hydrogens (tertiary/aromatic N) is 3. The predicted octanol–water partition coefficient (Wildman–Crippen LogP) is 21.1. The first-order chi connectivity index (χ1) is 51.2. The molecule has 4 aliphatic rings. The van der Waals surface area contributed by atoms with Gasteiger partial charge in [-0.25, -0.2) is 0 Å². The number of hydrogen-bond donors (Lipinski definition) is 4. The number of nitrogen functional groups attached to an aromatic ring is 3. The molecule has 0 aromatic heterocycles. The van der Waals surface area contributed by atoms with E-state index in [4.69, 9.17) is 28.8 Å². The number of rotatable bonds is 10. The van der Waals surface area contributed by atoms with Gasteiger partial charge in [0.05, 0.1) is 12.1 Å². The molecule has 0 unspecified atom stereocenters. The number of nitrogens with one attached hydrogen (secondary N) is 1. The summed E-state index contributed by atoms with van der Waals surface area (Å²) < 4.78 is 36.0. The summed E-state index contributed by atoms with van der Waals surface area (Å²) in [4.78, 5) is 54.0. The maximum atomic E-state index is 12.7. The molecule has 11 nitrogen and oxygen atoms in total. The molecule has 3 aliphatic heterocycles. The number of alkyl halides is 4. The van der Waals surface area contributed by atoms with E-state index in [0.29, 0.717) is 49.8 Å². The summed E-state index contributed by atoms with van der Waals surface area (Å²) >= 11 is 8.27. The predicted molar refractivity (Wildman–Crippen MR) is 476 cm³/mol. The van der Waals surface area contributed by atoms with E-state index in [1.807, 2.05) is 39.5 Å². The zero-order chi connectivity index (χ0) is 80.4. The summed E-state index contributed by atoms with van der Waals surface area (Å²) in [6, 6.07) is 40.0. The van der Waals surface area contributed by atoms with Gasteiger partial charge in [-0.2, -0.15) is 13.2 Å². The molecule has 18 heteroatoms. The quantitative estimate of drug-likeness (QED) is 0.0342. The fourth-order valence-corrected chi connectivity index (χ4v) is 15.4. The van der Waals surface area contributed by atoms with Crippen molar-refractivity contribution >= 4 is 108 Å². The standard InChI is InChI=1S/C26H36N2O.C20H24N2O.C20H26N2.C13H17NO.C8H6BrF3.C6H11ClO.2CH4.Al.Li.H/c1-18-10-12-21(13-11-18)17-28-14-8-7-9-22-20(3)25(19(2)15-23(22)28)27-24(29)16-26(4,5)6;1-13-7-9-16(10-8-13)12-22-18-11-14(2)20(21)15(3)17(18)5-4-6-19(22)23;1-14-7-9-17(10-8-14)13-22-11-5-4-6-18-16(3)20(21)15(2)12-19(18)22;1-8-6-10-7-11(15)4-3-5-12(10)9(2)13(8)14;9-5-6-1-3-7(4-2-6)8(10,11)12;1-6(2,3)4-5(7)8;;;;;/h10-13,15H,7-9,14,16-17H2,1-6H3,(H,27,29);7-11H,4-6,12,21H2,1-3H3;7-10,12H,4-6,11,13,21H2,1-3H3;6H,3-5,7,14H2,1-2H3;1-4H,5H2;4H2,1-3H3;2*1H4;;;/q;;;;;;;;;+1;-1. The molecule has 0 fully saturated rings. The Morgan fingerprint density at radius 1 is 0.478 bits per heavy atom. The number of amides is 2.